The van der Waals surface area contributed by atoms with E-state index >= 15 is 0 Å². The fourth-order valence-electron chi connectivity index (χ4n) is 9.18. The molecule has 0 N–H and O–H groups in total. The van der Waals surface area contributed by atoms with Crippen LogP contribution in [0.1, 0.15) is 79.0 Å². The third-order valence-electron chi connectivity index (χ3n) is 12.1. The van der Waals surface area contributed by atoms with Crippen LogP contribution >= 0.6 is 0 Å². The molecule has 3 nitrogen and oxygen atoms in total. The van der Waals surface area contributed by atoms with Crippen LogP contribution in [0.15, 0.2) is 127 Å². The van der Waals surface area contributed by atoms with Gasteiger partial charge in [-0.1, -0.05) is 189 Å². The van der Waals surface area contributed by atoms with E-state index in [1.807, 2.05) is 0 Å². The van der Waals surface area contributed by atoms with Crippen molar-refractivity contribution in [2.75, 3.05) is 0 Å². The number of hydrogen-bond acceptors (Lipinski definition) is 1. The molecule has 55 heavy (non-hydrogen) atoms. The third-order valence-corrected chi connectivity index (χ3v) is 12.1. The summed E-state index contributed by atoms with van der Waals surface area (Å²) in [6, 6.07) is 47.8. The van der Waals surface area contributed by atoms with Crippen LogP contribution in [-0.2, 0) is 16.2 Å². The van der Waals surface area contributed by atoms with Crippen LogP contribution in [0, 0.1) is 0 Å². The third kappa shape index (κ3) is 5.00. The van der Waals surface area contributed by atoms with E-state index in [1.165, 1.54) is 72.0 Å². The average molecular weight is 714 g/mol. The molecule has 6 aromatic carbocycles. The maximum absolute atomic E-state index is 5.82. The molecule has 270 valence electrons. The highest BCUT2D eigenvalue weighted by atomic mass is 15.2. The van der Waals surface area contributed by atoms with Crippen molar-refractivity contribution in [2.45, 2.75) is 78.6 Å². The van der Waals surface area contributed by atoms with Gasteiger partial charge in [-0.25, -0.2) is 4.98 Å². The van der Waals surface area contributed by atoms with Gasteiger partial charge in [0.2, 0.25) is 0 Å². The zero-order chi connectivity index (χ0) is 38.2. The van der Waals surface area contributed by atoms with E-state index in [0.717, 1.165) is 28.3 Å². The van der Waals surface area contributed by atoms with Gasteiger partial charge in [0.15, 0.2) is 0 Å². The molecule has 4 heteroatoms. The van der Waals surface area contributed by atoms with Gasteiger partial charge in [0.1, 0.15) is 11.5 Å². The summed E-state index contributed by atoms with van der Waals surface area (Å²) in [7, 11) is 0. The molecule has 0 fully saturated rings. The molecule has 0 unspecified atom stereocenters. The summed E-state index contributed by atoms with van der Waals surface area (Å²) in [6.45, 7) is 21.1. The lowest BCUT2D eigenvalue weighted by atomic mass is 9.34. The molecule has 8 aromatic rings. The van der Waals surface area contributed by atoms with Crippen LogP contribution in [0.25, 0.3) is 67.1 Å². The normalized spacial score (nSPS) is 13.5. The Morgan fingerprint density at radius 1 is 0.509 bits per heavy atom. The second kappa shape index (κ2) is 11.5. The lowest BCUT2D eigenvalue weighted by Crippen LogP contribution is -2.59. The van der Waals surface area contributed by atoms with Crippen molar-refractivity contribution in [1.82, 2.24) is 14.0 Å². The number of aromatic nitrogens is 3. The van der Waals surface area contributed by atoms with Gasteiger partial charge in [-0.2, -0.15) is 0 Å². The molecule has 0 amide bonds. The number of imidazole rings is 2. The zero-order valence-corrected chi connectivity index (χ0v) is 33.5. The maximum Gasteiger partial charge on any atom is 0.274 e. The molecular weight excluding hydrogens is 665 g/mol. The topological polar surface area (TPSA) is 22.2 Å². The van der Waals surface area contributed by atoms with Crippen LogP contribution < -0.4 is 16.5 Å². The van der Waals surface area contributed by atoms with Crippen molar-refractivity contribution in [2.24, 2.45) is 0 Å². The number of hydrogen-bond donors (Lipinski definition) is 0. The molecule has 0 atom stereocenters. The van der Waals surface area contributed by atoms with E-state index in [0.29, 0.717) is 0 Å². The Labute approximate surface area is 325 Å². The highest BCUT2D eigenvalue weighted by Gasteiger charge is 2.45. The second-order valence-electron chi connectivity index (χ2n) is 18.9. The lowest BCUT2D eigenvalue weighted by molar-refractivity contribution is 0.589. The second-order valence-corrected chi connectivity index (χ2v) is 18.9. The van der Waals surface area contributed by atoms with E-state index < -0.39 is 0 Å². The standard InChI is InChI=1S/C51H48BN3/c1-49(2,3)35-25-34-26-36(50(4,5)6)29-40-42(34)38(27-35)39-28-37(51(7,8)9)30-41-43(39)52(40)46-48-54(41)44(31-19-13-10-14-20-31)45(32-21-15-11-16-22-32)55(48)47(53-46)33-23-17-12-18-24-33/h10-30H,1-9H3. The van der Waals surface area contributed by atoms with E-state index in [9.17, 15) is 0 Å². The van der Waals surface area contributed by atoms with E-state index in [4.69, 9.17) is 4.98 Å². The minimum Gasteiger partial charge on any atom is -0.293 e. The van der Waals surface area contributed by atoms with Crippen LogP contribution in [0.2, 0.25) is 0 Å². The molecule has 4 heterocycles. The van der Waals surface area contributed by atoms with Crippen molar-refractivity contribution in [3.63, 3.8) is 0 Å². The summed E-state index contributed by atoms with van der Waals surface area (Å²) < 4.78 is 5.07. The van der Waals surface area contributed by atoms with E-state index in [2.05, 4.69) is 199 Å². The Morgan fingerprint density at radius 3 is 1.56 bits per heavy atom. The van der Waals surface area contributed by atoms with Gasteiger partial charge in [-0.3, -0.25) is 8.97 Å². The summed E-state index contributed by atoms with van der Waals surface area (Å²) in [5.74, 6) is 0.975. The molecule has 2 aliphatic heterocycles. The van der Waals surface area contributed by atoms with Crippen molar-refractivity contribution >= 4 is 39.7 Å². The summed E-state index contributed by atoms with van der Waals surface area (Å²) >= 11 is 0. The molecular formula is C51H48BN3. The minimum absolute atomic E-state index is 0.0135. The molecule has 2 aliphatic rings. The van der Waals surface area contributed by atoms with Gasteiger partial charge in [0.25, 0.3) is 6.71 Å². The zero-order valence-electron chi connectivity index (χ0n) is 33.5. The molecule has 2 aromatic heterocycles. The van der Waals surface area contributed by atoms with Crippen LogP contribution in [-0.4, -0.2) is 20.7 Å². The van der Waals surface area contributed by atoms with E-state index in [1.54, 1.807) is 0 Å². The highest BCUT2D eigenvalue weighted by Crippen LogP contribution is 2.45. The summed E-state index contributed by atoms with van der Waals surface area (Å²) in [6.07, 6.45) is 0. The fraction of sp³-hybridized carbons (Fsp3) is 0.235. The Kier molecular flexibility index (Phi) is 7.07. The number of fused-ring (bicyclic) bond motifs is 4. The molecule has 0 spiro atoms. The number of nitrogens with zero attached hydrogens (tertiary/aromatic N) is 3. The average Bonchev–Trinajstić information content (AvgIpc) is 3.72. The summed E-state index contributed by atoms with van der Waals surface area (Å²) in [5.41, 5.74) is 18.7. The van der Waals surface area contributed by atoms with Gasteiger partial charge in [0.05, 0.1) is 17.0 Å². The smallest absolute Gasteiger partial charge is 0.274 e. The maximum atomic E-state index is 5.82. The largest absolute Gasteiger partial charge is 0.293 e. The highest BCUT2D eigenvalue weighted by molar-refractivity contribution is 7.00. The van der Waals surface area contributed by atoms with Gasteiger partial charge in [-0.15, -0.1) is 0 Å². The van der Waals surface area contributed by atoms with Gasteiger partial charge in [0, 0.05) is 22.4 Å². The monoisotopic (exact) mass is 713 g/mol. The van der Waals surface area contributed by atoms with Crippen molar-refractivity contribution in [3.8, 4) is 50.7 Å². The quantitative estimate of drug-likeness (QED) is 0.167. The molecule has 0 saturated carbocycles. The molecule has 10 rings (SSSR count). The van der Waals surface area contributed by atoms with Crippen LogP contribution in [0.4, 0.5) is 0 Å². The Bertz CT molecular complexity index is 2830. The first kappa shape index (κ1) is 33.9. The first-order valence-electron chi connectivity index (χ1n) is 19.9. The van der Waals surface area contributed by atoms with Gasteiger partial charge >= 0.3 is 0 Å². The predicted octanol–water partition coefficient (Wildman–Crippen LogP) is 11.0. The fourth-order valence-corrected chi connectivity index (χ4v) is 9.18. The minimum atomic E-state index is -0.0769. The number of benzene rings is 6. The van der Waals surface area contributed by atoms with Crippen molar-refractivity contribution in [1.29, 1.82) is 0 Å². The molecule has 0 aliphatic carbocycles. The molecule has 0 radical (unpaired) electrons. The SMILES string of the molecule is CC(C)(C)c1cc2c3c(c1)-n1c(-c4ccccc4)c(-c4ccccc4)n4c(-c5ccccc5)nc(c14)B3c1cc(C(C)(C)C)cc3cc(C(C)(C)C)cc-2c13. The number of rotatable bonds is 3. The Morgan fingerprint density at radius 2 is 1.00 bits per heavy atom. The van der Waals surface area contributed by atoms with Crippen LogP contribution in [0.5, 0.6) is 0 Å². The summed E-state index contributed by atoms with van der Waals surface area (Å²) in [5, 5.41) is 2.69. The summed E-state index contributed by atoms with van der Waals surface area (Å²) in [4.78, 5) is 5.82. The predicted molar refractivity (Wildman–Crippen MR) is 235 cm³/mol. The van der Waals surface area contributed by atoms with Crippen molar-refractivity contribution < 1.29 is 0 Å². The van der Waals surface area contributed by atoms with Crippen LogP contribution in [0.3, 0.4) is 0 Å². The first-order chi connectivity index (χ1) is 26.2. The van der Waals surface area contributed by atoms with E-state index in [-0.39, 0.29) is 23.0 Å². The first-order valence-corrected chi connectivity index (χ1v) is 19.9. The molecule has 0 saturated heterocycles. The van der Waals surface area contributed by atoms with Gasteiger partial charge in [-0.05, 0) is 66.4 Å². The Hall–Kier alpha value is -5.61. The lowest BCUT2D eigenvalue weighted by Gasteiger charge is -2.36. The van der Waals surface area contributed by atoms with Gasteiger partial charge < -0.3 is 0 Å². The Balaban J connectivity index is 1.47. The molecule has 0 bridgehead atoms. The van der Waals surface area contributed by atoms with Crippen molar-refractivity contribution in [3.05, 3.63) is 144 Å².